The third kappa shape index (κ3) is 4.75. The van der Waals surface area contributed by atoms with Crippen molar-refractivity contribution in [3.05, 3.63) is 60.2 Å². The van der Waals surface area contributed by atoms with Crippen LogP contribution in [0.15, 0.2) is 57.6 Å². The number of hydrogen-bond acceptors (Lipinski definition) is 6. The van der Waals surface area contributed by atoms with E-state index in [1.165, 1.54) is 12.3 Å². The number of carbonyl (C=O) groups is 3. The molecule has 0 bridgehead atoms. The summed E-state index contributed by atoms with van der Waals surface area (Å²) in [5, 5.41) is 5.96. The first-order valence-corrected chi connectivity index (χ1v) is 8.28. The molecule has 27 heavy (non-hydrogen) atoms. The number of para-hydroxylation sites is 1. The van der Waals surface area contributed by atoms with Crippen molar-refractivity contribution in [2.45, 2.75) is 13.0 Å². The Balaban J connectivity index is 1.42. The van der Waals surface area contributed by atoms with Gasteiger partial charge in [-0.05, 0) is 31.2 Å². The van der Waals surface area contributed by atoms with Crippen LogP contribution < -0.4 is 10.6 Å². The van der Waals surface area contributed by atoms with Crippen LogP contribution >= 0.6 is 0 Å². The van der Waals surface area contributed by atoms with Gasteiger partial charge in [0.2, 0.25) is 0 Å². The molecule has 8 heteroatoms. The molecule has 140 valence electrons. The van der Waals surface area contributed by atoms with Gasteiger partial charge in [0.25, 0.3) is 11.8 Å². The van der Waals surface area contributed by atoms with Crippen LogP contribution in [0, 0.1) is 0 Å². The number of rotatable bonds is 7. The van der Waals surface area contributed by atoms with E-state index >= 15 is 0 Å². The maximum atomic E-state index is 11.9. The highest BCUT2D eigenvalue weighted by atomic mass is 16.5. The SMILES string of the molecule is C[C@@H](NC(=O)COC(=O)CNC(=O)c1ccco1)c1cc2ccccc2o1. The lowest BCUT2D eigenvalue weighted by molar-refractivity contribution is -0.147. The Morgan fingerprint density at radius 1 is 1.15 bits per heavy atom. The van der Waals surface area contributed by atoms with Gasteiger partial charge in [0, 0.05) is 5.39 Å². The molecule has 3 rings (SSSR count). The topological polar surface area (TPSA) is 111 Å². The molecule has 2 N–H and O–H groups in total. The fraction of sp³-hybridized carbons (Fsp3) is 0.211. The van der Waals surface area contributed by atoms with Crippen LogP contribution in [0.5, 0.6) is 0 Å². The second kappa shape index (κ2) is 8.22. The van der Waals surface area contributed by atoms with E-state index in [0.717, 1.165) is 11.0 Å². The molecule has 2 amide bonds. The van der Waals surface area contributed by atoms with Crippen LogP contribution in [0.4, 0.5) is 0 Å². The largest absolute Gasteiger partial charge is 0.459 e. The number of furan rings is 2. The maximum Gasteiger partial charge on any atom is 0.325 e. The molecule has 0 unspecified atom stereocenters. The second-order valence-electron chi connectivity index (χ2n) is 5.80. The minimum absolute atomic E-state index is 0.0835. The Morgan fingerprint density at radius 3 is 2.70 bits per heavy atom. The minimum Gasteiger partial charge on any atom is -0.459 e. The zero-order valence-corrected chi connectivity index (χ0v) is 14.6. The number of nitrogens with one attached hydrogen (secondary N) is 2. The van der Waals surface area contributed by atoms with Gasteiger partial charge in [-0.25, -0.2) is 0 Å². The quantitative estimate of drug-likeness (QED) is 0.617. The van der Waals surface area contributed by atoms with Crippen LogP contribution in [0.1, 0.15) is 29.3 Å². The van der Waals surface area contributed by atoms with Crippen LogP contribution in [0.2, 0.25) is 0 Å². The molecule has 0 aliphatic carbocycles. The second-order valence-corrected chi connectivity index (χ2v) is 5.80. The predicted molar refractivity (Wildman–Crippen MR) is 94.8 cm³/mol. The average Bonchev–Trinajstić information content (AvgIpc) is 3.33. The van der Waals surface area contributed by atoms with E-state index in [9.17, 15) is 14.4 Å². The molecular weight excluding hydrogens is 352 g/mol. The van der Waals surface area contributed by atoms with Crippen molar-refractivity contribution in [2.24, 2.45) is 0 Å². The van der Waals surface area contributed by atoms with Gasteiger partial charge in [-0.15, -0.1) is 0 Å². The third-order valence-electron chi connectivity index (χ3n) is 3.75. The maximum absolute atomic E-state index is 11.9. The zero-order chi connectivity index (χ0) is 19.2. The normalized spacial score (nSPS) is 11.7. The number of hydrogen-bond donors (Lipinski definition) is 2. The Labute approximate surface area is 154 Å². The highest BCUT2D eigenvalue weighted by Crippen LogP contribution is 2.23. The number of amides is 2. The number of fused-ring (bicyclic) bond motifs is 1. The fourth-order valence-electron chi connectivity index (χ4n) is 2.41. The van der Waals surface area contributed by atoms with E-state index in [2.05, 4.69) is 10.6 Å². The van der Waals surface area contributed by atoms with Gasteiger partial charge in [-0.2, -0.15) is 0 Å². The first-order chi connectivity index (χ1) is 13.0. The summed E-state index contributed by atoms with van der Waals surface area (Å²) < 4.78 is 15.4. The van der Waals surface area contributed by atoms with Crippen LogP contribution in [-0.2, 0) is 14.3 Å². The van der Waals surface area contributed by atoms with Crippen LogP contribution in [0.3, 0.4) is 0 Å². The summed E-state index contributed by atoms with van der Waals surface area (Å²) in [7, 11) is 0. The smallest absolute Gasteiger partial charge is 0.325 e. The first-order valence-electron chi connectivity index (χ1n) is 8.28. The number of ether oxygens (including phenoxy) is 1. The van der Waals surface area contributed by atoms with E-state index in [4.69, 9.17) is 13.6 Å². The molecule has 1 aromatic carbocycles. The van der Waals surface area contributed by atoms with Gasteiger partial charge in [0.15, 0.2) is 12.4 Å². The van der Waals surface area contributed by atoms with Crippen molar-refractivity contribution >= 4 is 28.8 Å². The van der Waals surface area contributed by atoms with Gasteiger partial charge in [0.05, 0.1) is 12.3 Å². The Morgan fingerprint density at radius 2 is 1.96 bits per heavy atom. The van der Waals surface area contributed by atoms with Crippen LogP contribution in [-0.4, -0.2) is 30.9 Å². The molecular formula is C19H18N2O6. The molecule has 0 fully saturated rings. The molecule has 0 aliphatic rings. The van der Waals surface area contributed by atoms with Gasteiger partial charge < -0.3 is 24.2 Å². The van der Waals surface area contributed by atoms with E-state index in [-0.39, 0.29) is 18.3 Å². The summed E-state index contributed by atoms with van der Waals surface area (Å²) in [6, 6.07) is 12.0. The van der Waals surface area contributed by atoms with Gasteiger partial charge in [-0.1, -0.05) is 18.2 Å². The summed E-state index contributed by atoms with van der Waals surface area (Å²) in [6.07, 6.45) is 1.35. The number of esters is 1. The lowest BCUT2D eigenvalue weighted by atomic mass is 10.2. The summed E-state index contributed by atoms with van der Waals surface area (Å²) in [5.74, 6) is -1.07. The molecule has 0 saturated heterocycles. The van der Waals surface area contributed by atoms with Crippen molar-refractivity contribution in [1.29, 1.82) is 0 Å². The number of carbonyl (C=O) groups excluding carboxylic acids is 3. The third-order valence-corrected chi connectivity index (χ3v) is 3.75. The Kier molecular flexibility index (Phi) is 5.55. The summed E-state index contributed by atoms with van der Waals surface area (Å²) in [4.78, 5) is 35.2. The summed E-state index contributed by atoms with van der Waals surface area (Å²) in [5.41, 5.74) is 0.729. The zero-order valence-electron chi connectivity index (χ0n) is 14.6. The van der Waals surface area contributed by atoms with Gasteiger partial charge in [0.1, 0.15) is 17.9 Å². The van der Waals surface area contributed by atoms with Gasteiger partial charge in [-0.3, -0.25) is 14.4 Å². The molecule has 0 saturated carbocycles. The van der Waals surface area contributed by atoms with Gasteiger partial charge >= 0.3 is 5.97 Å². The lowest BCUT2D eigenvalue weighted by Crippen LogP contribution is -2.34. The highest BCUT2D eigenvalue weighted by Gasteiger charge is 2.16. The Bertz CT molecular complexity index is 911. The van der Waals surface area contributed by atoms with Crippen molar-refractivity contribution in [3.63, 3.8) is 0 Å². The van der Waals surface area contributed by atoms with Crippen molar-refractivity contribution < 1.29 is 28.0 Å². The molecule has 0 radical (unpaired) electrons. The standard InChI is InChI=1S/C19H18N2O6/c1-12(16-9-13-5-2-3-6-14(13)27-16)21-17(22)11-26-18(23)10-20-19(24)15-7-4-8-25-15/h2-9,12H,10-11H2,1H3,(H,20,24)(H,21,22)/t12-/m1/s1. The fourth-order valence-corrected chi connectivity index (χ4v) is 2.41. The van der Waals surface area contributed by atoms with Crippen LogP contribution in [0.25, 0.3) is 11.0 Å². The summed E-state index contributed by atoms with van der Waals surface area (Å²) in [6.45, 7) is 0.937. The molecule has 1 atom stereocenters. The van der Waals surface area contributed by atoms with E-state index in [0.29, 0.717) is 5.76 Å². The molecule has 2 heterocycles. The molecule has 3 aromatic rings. The molecule has 8 nitrogen and oxygen atoms in total. The van der Waals surface area contributed by atoms with E-state index < -0.39 is 24.4 Å². The van der Waals surface area contributed by atoms with E-state index in [1.807, 2.05) is 30.3 Å². The Hall–Kier alpha value is -3.55. The van der Waals surface area contributed by atoms with Crippen molar-refractivity contribution in [2.75, 3.05) is 13.2 Å². The summed E-state index contributed by atoms with van der Waals surface area (Å²) >= 11 is 0. The first kappa shape index (κ1) is 18.2. The van der Waals surface area contributed by atoms with Crippen molar-refractivity contribution in [1.82, 2.24) is 10.6 Å². The van der Waals surface area contributed by atoms with Crippen molar-refractivity contribution in [3.8, 4) is 0 Å². The molecule has 0 aliphatic heterocycles. The minimum atomic E-state index is -0.735. The predicted octanol–water partition coefficient (Wildman–Crippen LogP) is 2.18. The molecule has 0 spiro atoms. The highest BCUT2D eigenvalue weighted by molar-refractivity contribution is 5.93. The monoisotopic (exact) mass is 370 g/mol. The number of benzene rings is 1. The van der Waals surface area contributed by atoms with E-state index in [1.54, 1.807) is 13.0 Å². The lowest BCUT2D eigenvalue weighted by Gasteiger charge is -2.11. The molecule has 2 aromatic heterocycles. The average molecular weight is 370 g/mol.